The molecule has 0 aromatic heterocycles. The summed E-state index contributed by atoms with van der Waals surface area (Å²) in [5, 5.41) is 3.63. The molecule has 2 aromatic rings. The summed E-state index contributed by atoms with van der Waals surface area (Å²) in [4.78, 5) is 2.53. The number of hydrogen-bond acceptors (Lipinski definition) is 2. The second-order valence-corrected chi connectivity index (χ2v) is 7.54. The van der Waals surface area contributed by atoms with Crippen LogP contribution >= 0.6 is 0 Å². The summed E-state index contributed by atoms with van der Waals surface area (Å²) < 4.78 is 0. The van der Waals surface area contributed by atoms with Crippen molar-refractivity contribution < 1.29 is 0 Å². The summed E-state index contributed by atoms with van der Waals surface area (Å²) >= 11 is 0. The van der Waals surface area contributed by atoms with Crippen LogP contribution in [0, 0.1) is 5.92 Å². The average Bonchev–Trinajstić information content (AvgIpc) is 3.05. The number of nitrogens with one attached hydrogen (secondary N) is 1. The molecule has 1 aliphatic carbocycles. The highest BCUT2D eigenvalue weighted by Crippen LogP contribution is 2.51. The van der Waals surface area contributed by atoms with Gasteiger partial charge < -0.3 is 10.2 Å². The van der Waals surface area contributed by atoms with Crippen LogP contribution in [0.4, 0.5) is 11.4 Å². The molecular weight excluding hydrogens is 328 g/mol. The van der Waals surface area contributed by atoms with E-state index in [1.165, 1.54) is 34.6 Å². The maximum atomic E-state index is 4.21. The Balaban J connectivity index is 1.83. The van der Waals surface area contributed by atoms with Crippen LogP contribution in [0.1, 0.15) is 38.7 Å². The molecule has 1 N–H and O–H groups in total. The maximum Gasteiger partial charge on any atom is 0.0641 e. The van der Waals surface area contributed by atoms with Gasteiger partial charge in [-0.2, -0.15) is 0 Å². The largest absolute Gasteiger partial charge is 0.359 e. The van der Waals surface area contributed by atoms with Crippen molar-refractivity contribution in [1.82, 2.24) is 5.32 Å². The first-order valence-corrected chi connectivity index (χ1v) is 10.00. The standard InChI is InChI=1S/C25H28N2/c1-4-5-11-19(3)26-22-17-16-18(2)25-24(22)21-14-9-10-15-23(21)27(25)20-12-7-6-8-13-20/h5-15,18,25-26H,3-4,16-17H2,1-2H3/b11-5-. The molecule has 2 nitrogen and oxygen atoms in total. The van der Waals surface area contributed by atoms with E-state index in [1.807, 2.05) is 0 Å². The summed E-state index contributed by atoms with van der Waals surface area (Å²) in [5.41, 5.74) is 7.68. The number of allylic oxidation sites excluding steroid dienone is 3. The zero-order valence-electron chi connectivity index (χ0n) is 16.3. The maximum absolute atomic E-state index is 4.21. The van der Waals surface area contributed by atoms with E-state index < -0.39 is 0 Å². The number of rotatable bonds is 5. The number of fused-ring (bicyclic) bond motifs is 3. The minimum Gasteiger partial charge on any atom is -0.359 e. The van der Waals surface area contributed by atoms with E-state index in [1.54, 1.807) is 0 Å². The predicted molar refractivity (Wildman–Crippen MR) is 116 cm³/mol. The summed E-state index contributed by atoms with van der Waals surface area (Å²) in [6, 6.07) is 20.0. The van der Waals surface area contributed by atoms with Crippen molar-refractivity contribution in [3.05, 3.63) is 90.3 Å². The van der Waals surface area contributed by atoms with Gasteiger partial charge in [0.2, 0.25) is 0 Å². The molecule has 0 radical (unpaired) electrons. The van der Waals surface area contributed by atoms with Crippen molar-refractivity contribution in [1.29, 1.82) is 0 Å². The molecular formula is C25H28N2. The number of hydrogen-bond donors (Lipinski definition) is 1. The lowest BCUT2D eigenvalue weighted by molar-refractivity contribution is 0.462. The Morgan fingerprint density at radius 3 is 2.67 bits per heavy atom. The van der Waals surface area contributed by atoms with Crippen molar-refractivity contribution in [2.24, 2.45) is 5.92 Å². The monoisotopic (exact) mass is 356 g/mol. The highest BCUT2D eigenvalue weighted by atomic mass is 15.2. The first-order valence-electron chi connectivity index (χ1n) is 10.00. The predicted octanol–water partition coefficient (Wildman–Crippen LogP) is 6.42. The molecule has 2 unspecified atom stereocenters. The van der Waals surface area contributed by atoms with Gasteiger partial charge in [0.1, 0.15) is 0 Å². The van der Waals surface area contributed by atoms with E-state index in [9.17, 15) is 0 Å². The van der Waals surface area contributed by atoms with Gasteiger partial charge in [-0.25, -0.2) is 0 Å². The molecule has 2 aromatic carbocycles. The van der Waals surface area contributed by atoms with E-state index in [-0.39, 0.29) is 0 Å². The Morgan fingerprint density at radius 1 is 1.15 bits per heavy atom. The molecule has 0 bridgehead atoms. The van der Waals surface area contributed by atoms with Crippen LogP contribution in [0.25, 0.3) is 5.57 Å². The highest BCUT2D eigenvalue weighted by molar-refractivity contribution is 5.93. The average molecular weight is 357 g/mol. The van der Waals surface area contributed by atoms with Crippen LogP contribution in [0.2, 0.25) is 0 Å². The first-order chi connectivity index (χ1) is 13.2. The van der Waals surface area contributed by atoms with Gasteiger partial charge in [0.15, 0.2) is 0 Å². The molecule has 2 heteroatoms. The molecule has 0 saturated carbocycles. The highest BCUT2D eigenvalue weighted by Gasteiger charge is 2.41. The number of nitrogens with zero attached hydrogens (tertiary/aromatic N) is 1. The molecule has 1 heterocycles. The number of anilines is 2. The summed E-state index contributed by atoms with van der Waals surface area (Å²) in [6.45, 7) is 8.74. The molecule has 0 fully saturated rings. The van der Waals surface area contributed by atoms with E-state index in [0.717, 1.165) is 18.5 Å². The Labute approximate surface area is 162 Å². The van der Waals surface area contributed by atoms with Crippen LogP contribution in [0.15, 0.2) is 84.7 Å². The van der Waals surface area contributed by atoms with Crippen molar-refractivity contribution in [2.45, 2.75) is 39.2 Å². The van der Waals surface area contributed by atoms with Crippen molar-refractivity contribution in [3.63, 3.8) is 0 Å². The van der Waals surface area contributed by atoms with Crippen LogP contribution < -0.4 is 10.2 Å². The molecule has 138 valence electrons. The van der Waals surface area contributed by atoms with Gasteiger partial charge in [-0.3, -0.25) is 0 Å². The van der Waals surface area contributed by atoms with E-state index in [4.69, 9.17) is 0 Å². The van der Waals surface area contributed by atoms with Crippen LogP contribution in [-0.2, 0) is 0 Å². The van der Waals surface area contributed by atoms with E-state index in [0.29, 0.717) is 12.0 Å². The second-order valence-electron chi connectivity index (χ2n) is 7.54. The number of para-hydroxylation sites is 2. The van der Waals surface area contributed by atoms with Gasteiger partial charge >= 0.3 is 0 Å². The Kier molecular flexibility index (Phi) is 4.89. The SMILES string of the molecule is C=C(/C=C\CC)NC1=C2c3ccccc3N(c3ccccc3)C2C(C)CC1. The Bertz CT molecular complexity index is 892. The van der Waals surface area contributed by atoms with Crippen LogP contribution in [0.3, 0.4) is 0 Å². The lowest BCUT2D eigenvalue weighted by Crippen LogP contribution is -2.37. The van der Waals surface area contributed by atoms with Gasteiger partial charge in [0, 0.05) is 33.9 Å². The molecule has 27 heavy (non-hydrogen) atoms. The molecule has 0 saturated heterocycles. The van der Waals surface area contributed by atoms with Gasteiger partial charge in [-0.15, -0.1) is 0 Å². The summed E-state index contributed by atoms with van der Waals surface area (Å²) in [7, 11) is 0. The third kappa shape index (κ3) is 3.21. The van der Waals surface area contributed by atoms with Crippen LogP contribution in [-0.4, -0.2) is 6.04 Å². The van der Waals surface area contributed by atoms with Gasteiger partial charge in [0.25, 0.3) is 0 Å². The fraction of sp³-hybridized carbons (Fsp3) is 0.280. The third-order valence-corrected chi connectivity index (χ3v) is 5.64. The zero-order chi connectivity index (χ0) is 18.8. The topological polar surface area (TPSA) is 15.3 Å². The van der Waals surface area contributed by atoms with E-state index >= 15 is 0 Å². The first kappa shape index (κ1) is 17.7. The zero-order valence-corrected chi connectivity index (χ0v) is 16.3. The summed E-state index contributed by atoms with van der Waals surface area (Å²) in [5.74, 6) is 0.595. The third-order valence-electron chi connectivity index (χ3n) is 5.64. The quantitative estimate of drug-likeness (QED) is 0.622. The van der Waals surface area contributed by atoms with Gasteiger partial charge in [-0.1, -0.05) is 62.9 Å². The molecule has 4 rings (SSSR count). The molecule has 0 spiro atoms. The van der Waals surface area contributed by atoms with Gasteiger partial charge in [-0.05, 0) is 49.5 Å². The molecule has 0 amide bonds. The fourth-order valence-electron chi connectivity index (χ4n) is 4.41. The smallest absolute Gasteiger partial charge is 0.0641 e. The molecule has 2 aliphatic rings. The lowest BCUT2D eigenvalue weighted by Gasteiger charge is -2.36. The van der Waals surface area contributed by atoms with Gasteiger partial charge in [0.05, 0.1) is 6.04 Å². The fourth-order valence-corrected chi connectivity index (χ4v) is 4.41. The number of benzene rings is 2. The van der Waals surface area contributed by atoms with Crippen molar-refractivity contribution in [2.75, 3.05) is 4.90 Å². The Morgan fingerprint density at radius 2 is 1.89 bits per heavy atom. The minimum atomic E-state index is 0.365. The lowest BCUT2D eigenvalue weighted by atomic mass is 9.82. The van der Waals surface area contributed by atoms with Crippen LogP contribution in [0.5, 0.6) is 0 Å². The van der Waals surface area contributed by atoms with Crippen molar-refractivity contribution in [3.8, 4) is 0 Å². The molecule has 1 aliphatic heterocycles. The molecule has 2 atom stereocenters. The normalized spacial score (nSPS) is 21.3. The summed E-state index contributed by atoms with van der Waals surface area (Å²) in [6.07, 6.45) is 7.53. The Hall–Kier alpha value is -2.74. The van der Waals surface area contributed by atoms with E-state index in [2.05, 4.69) is 97.4 Å². The second kappa shape index (κ2) is 7.48. The minimum absolute atomic E-state index is 0.365. The van der Waals surface area contributed by atoms with Crippen molar-refractivity contribution >= 4 is 16.9 Å².